The van der Waals surface area contributed by atoms with Gasteiger partial charge in [0.25, 0.3) is 0 Å². The predicted octanol–water partition coefficient (Wildman–Crippen LogP) is 1.78. The molecule has 7 heteroatoms. The molecule has 6 nitrogen and oxygen atoms in total. The number of nitrogens with one attached hydrogen (secondary N) is 1. The van der Waals surface area contributed by atoms with E-state index < -0.39 is 10.8 Å². The largest absolute Gasteiger partial charge is 0.383 e. The second kappa shape index (κ2) is 5.66. The Balaban J connectivity index is 1.86. The molecule has 0 saturated carbocycles. The lowest BCUT2D eigenvalue weighted by atomic mass is 10.0. The lowest BCUT2D eigenvalue weighted by Gasteiger charge is -2.27. The number of nitrogen functional groups attached to an aromatic ring is 1. The Labute approximate surface area is 136 Å². The fraction of sp³-hybridized carbons (Fsp3) is 0.250. The smallest absolute Gasteiger partial charge is 0.185 e. The second-order valence-corrected chi connectivity index (χ2v) is 7.26. The van der Waals surface area contributed by atoms with E-state index in [0.717, 1.165) is 35.4 Å². The highest BCUT2D eigenvalue weighted by molar-refractivity contribution is 7.85. The van der Waals surface area contributed by atoms with Gasteiger partial charge >= 0.3 is 0 Å². The molecule has 3 heterocycles. The Morgan fingerprint density at radius 1 is 1.17 bits per heavy atom. The van der Waals surface area contributed by atoms with E-state index in [4.69, 9.17) is 5.73 Å². The maximum atomic E-state index is 11.6. The van der Waals surface area contributed by atoms with Crippen LogP contribution in [-0.2, 0) is 10.8 Å². The molecule has 0 bridgehead atoms. The van der Waals surface area contributed by atoms with Gasteiger partial charge in [0.2, 0.25) is 0 Å². The average Bonchev–Trinajstić information content (AvgIpc) is 2.97. The molecule has 1 saturated heterocycles. The summed E-state index contributed by atoms with van der Waals surface area (Å²) in [6.45, 7) is 1.50. The summed E-state index contributed by atoms with van der Waals surface area (Å²) in [4.78, 5) is 6.80. The van der Waals surface area contributed by atoms with Gasteiger partial charge in [-0.3, -0.25) is 9.31 Å². The summed E-state index contributed by atoms with van der Waals surface area (Å²) in [6.07, 6.45) is 0. The van der Waals surface area contributed by atoms with Crippen molar-refractivity contribution in [3.05, 3.63) is 36.4 Å². The van der Waals surface area contributed by atoms with Gasteiger partial charge in [-0.05, 0) is 11.6 Å². The molecule has 0 aliphatic carbocycles. The molecule has 1 aliphatic heterocycles. The van der Waals surface area contributed by atoms with Crippen molar-refractivity contribution in [2.24, 2.45) is 0 Å². The molecule has 0 amide bonds. The monoisotopic (exact) mass is 327 g/mol. The van der Waals surface area contributed by atoms with Crippen molar-refractivity contribution in [1.29, 1.82) is 0 Å². The lowest BCUT2D eigenvalue weighted by molar-refractivity contribution is 0.672. The summed E-state index contributed by atoms with van der Waals surface area (Å²) < 4.78 is 11.6. The van der Waals surface area contributed by atoms with Crippen LogP contribution in [0.5, 0.6) is 0 Å². The van der Waals surface area contributed by atoms with E-state index in [2.05, 4.69) is 38.3 Å². The molecule has 1 aliphatic rings. The van der Waals surface area contributed by atoms with Crippen molar-refractivity contribution in [2.75, 3.05) is 35.2 Å². The summed E-state index contributed by atoms with van der Waals surface area (Å²) in [7, 11) is -0.710. The van der Waals surface area contributed by atoms with Crippen LogP contribution in [-0.4, -0.2) is 44.0 Å². The van der Waals surface area contributed by atoms with Gasteiger partial charge in [0.1, 0.15) is 11.6 Å². The SMILES string of the molecule is Nc1[nH]nc2nc(N3CCS(=O)CC3)cc(-c3ccccc3)c12. The quantitative estimate of drug-likeness (QED) is 0.749. The third kappa shape index (κ3) is 2.57. The average molecular weight is 327 g/mol. The van der Waals surface area contributed by atoms with Gasteiger partial charge in [-0.1, -0.05) is 30.3 Å². The zero-order valence-electron chi connectivity index (χ0n) is 12.5. The Morgan fingerprint density at radius 3 is 2.65 bits per heavy atom. The summed E-state index contributed by atoms with van der Waals surface area (Å²) in [5, 5.41) is 7.90. The number of anilines is 2. The van der Waals surface area contributed by atoms with Crippen LogP contribution in [0.4, 0.5) is 11.6 Å². The van der Waals surface area contributed by atoms with E-state index in [1.54, 1.807) is 0 Å². The van der Waals surface area contributed by atoms with E-state index in [0.29, 0.717) is 23.0 Å². The number of H-pyrrole nitrogens is 1. The number of nitrogens with zero attached hydrogens (tertiary/aromatic N) is 3. The highest BCUT2D eigenvalue weighted by atomic mass is 32.2. The molecule has 1 aromatic carbocycles. The number of hydrogen-bond acceptors (Lipinski definition) is 5. The third-order valence-electron chi connectivity index (χ3n) is 4.12. The maximum absolute atomic E-state index is 11.6. The number of nitrogens with two attached hydrogens (primary N) is 1. The van der Waals surface area contributed by atoms with Gasteiger partial charge in [-0.25, -0.2) is 4.98 Å². The zero-order valence-corrected chi connectivity index (χ0v) is 13.3. The van der Waals surface area contributed by atoms with Crippen molar-refractivity contribution >= 4 is 33.5 Å². The molecular formula is C16H17N5OS. The summed E-state index contributed by atoms with van der Waals surface area (Å²) >= 11 is 0. The Hall–Kier alpha value is -2.41. The Kier molecular flexibility index (Phi) is 3.49. The summed E-state index contributed by atoms with van der Waals surface area (Å²) in [5.41, 5.74) is 8.76. The lowest BCUT2D eigenvalue weighted by Crippen LogP contribution is -2.38. The van der Waals surface area contributed by atoms with E-state index in [9.17, 15) is 4.21 Å². The predicted molar refractivity (Wildman–Crippen MR) is 93.8 cm³/mol. The van der Waals surface area contributed by atoms with Gasteiger partial charge in [0, 0.05) is 41.0 Å². The Bertz CT molecular complexity index is 867. The number of aromatic nitrogens is 3. The van der Waals surface area contributed by atoms with Crippen molar-refractivity contribution in [2.45, 2.75) is 0 Å². The van der Waals surface area contributed by atoms with Crippen LogP contribution >= 0.6 is 0 Å². The molecule has 2 aromatic heterocycles. The van der Waals surface area contributed by atoms with Gasteiger partial charge in [0.15, 0.2) is 5.65 Å². The molecule has 3 aromatic rings. The fourth-order valence-electron chi connectivity index (χ4n) is 2.91. The van der Waals surface area contributed by atoms with Gasteiger partial charge in [-0.2, -0.15) is 5.10 Å². The standard InChI is InChI=1S/C16H17N5OS/c17-15-14-12(11-4-2-1-3-5-11)10-13(18-16(14)20-19-15)21-6-8-23(22)9-7-21/h1-5,10H,6-9H2,(H3,17,18,19,20). The van der Waals surface area contributed by atoms with E-state index in [1.807, 2.05) is 18.2 Å². The first-order valence-corrected chi connectivity index (χ1v) is 9.01. The number of pyridine rings is 1. The van der Waals surface area contributed by atoms with Gasteiger partial charge < -0.3 is 10.6 Å². The number of rotatable bonds is 2. The molecule has 0 spiro atoms. The number of hydrogen-bond donors (Lipinski definition) is 2. The molecular weight excluding hydrogens is 310 g/mol. The summed E-state index contributed by atoms with van der Waals surface area (Å²) in [5.74, 6) is 2.75. The van der Waals surface area contributed by atoms with Gasteiger partial charge in [-0.15, -0.1) is 0 Å². The highest BCUT2D eigenvalue weighted by Gasteiger charge is 2.20. The first-order valence-electron chi connectivity index (χ1n) is 7.52. The molecule has 23 heavy (non-hydrogen) atoms. The minimum absolute atomic E-state index is 0.526. The van der Waals surface area contributed by atoms with Crippen LogP contribution in [0.3, 0.4) is 0 Å². The normalized spacial score (nSPS) is 16.1. The molecule has 118 valence electrons. The molecule has 3 N–H and O–H groups in total. The first-order chi connectivity index (χ1) is 11.2. The third-order valence-corrected chi connectivity index (χ3v) is 5.40. The van der Waals surface area contributed by atoms with Crippen LogP contribution in [0.25, 0.3) is 22.2 Å². The van der Waals surface area contributed by atoms with Crippen LogP contribution in [0.1, 0.15) is 0 Å². The molecule has 4 rings (SSSR count). The number of fused-ring (bicyclic) bond motifs is 1. The topological polar surface area (TPSA) is 87.9 Å². The zero-order chi connectivity index (χ0) is 15.8. The van der Waals surface area contributed by atoms with E-state index in [1.165, 1.54) is 0 Å². The number of benzene rings is 1. The minimum atomic E-state index is -0.710. The summed E-state index contributed by atoms with van der Waals surface area (Å²) in [6, 6.07) is 12.1. The number of aromatic amines is 1. The second-order valence-electron chi connectivity index (χ2n) is 5.57. The fourth-order valence-corrected chi connectivity index (χ4v) is 3.96. The molecule has 0 unspecified atom stereocenters. The van der Waals surface area contributed by atoms with Crippen molar-refractivity contribution in [3.8, 4) is 11.1 Å². The Morgan fingerprint density at radius 2 is 1.91 bits per heavy atom. The van der Waals surface area contributed by atoms with Crippen LogP contribution < -0.4 is 10.6 Å². The van der Waals surface area contributed by atoms with Crippen LogP contribution in [0.2, 0.25) is 0 Å². The minimum Gasteiger partial charge on any atom is -0.383 e. The van der Waals surface area contributed by atoms with Crippen molar-refractivity contribution in [1.82, 2.24) is 15.2 Å². The van der Waals surface area contributed by atoms with Crippen molar-refractivity contribution < 1.29 is 4.21 Å². The van der Waals surface area contributed by atoms with Crippen LogP contribution in [0, 0.1) is 0 Å². The van der Waals surface area contributed by atoms with E-state index >= 15 is 0 Å². The van der Waals surface area contributed by atoms with E-state index in [-0.39, 0.29) is 0 Å². The maximum Gasteiger partial charge on any atom is 0.185 e. The molecule has 0 radical (unpaired) electrons. The van der Waals surface area contributed by atoms with Gasteiger partial charge in [0.05, 0.1) is 5.39 Å². The molecule has 0 atom stereocenters. The molecule has 1 fully saturated rings. The highest BCUT2D eigenvalue weighted by Crippen LogP contribution is 2.33. The van der Waals surface area contributed by atoms with Crippen LogP contribution in [0.15, 0.2) is 36.4 Å². The first kappa shape index (κ1) is 14.2. The van der Waals surface area contributed by atoms with Crippen molar-refractivity contribution in [3.63, 3.8) is 0 Å².